The van der Waals surface area contributed by atoms with Gasteiger partial charge in [-0.15, -0.1) is 0 Å². The fourth-order valence-electron chi connectivity index (χ4n) is 1.86. The largest absolute Gasteiger partial charge is 0.475 e. The molecule has 114 valence electrons. The Balaban J connectivity index is 2.99. The van der Waals surface area contributed by atoms with E-state index < -0.39 is 16.0 Å². The van der Waals surface area contributed by atoms with Crippen LogP contribution in [0.15, 0.2) is 21.6 Å². The molecule has 0 atom stereocenters. The highest BCUT2D eigenvalue weighted by Gasteiger charge is 2.30. The van der Waals surface area contributed by atoms with E-state index in [4.69, 9.17) is 9.52 Å². The second-order valence-corrected chi connectivity index (χ2v) is 6.66. The third-order valence-electron chi connectivity index (χ3n) is 2.91. The van der Waals surface area contributed by atoms with Crippen molar-refractivity contribution < 1.29 is 22.7 Å². The Morgan fingerprint density at radius 2 is 2.00 bits per heavy atom. The molecule has 0 aliphatic heterocycles. The van der Waals surface area contributed by atoms with Crippen LogP contribution in [0.25, 0.3) is 0 Å². The molecule has 20 heavy (non-hydrogen) atoms. The van der Waals surface area contributed by atoms with Crippen molar-refractivity contribution in [2.45, 2.75) is 51.2 Å². The molecule has 0 aliphatic rings. The first-order valence-electron chi connectivity index (χ1n) is 6.65. The minimum Gasteiger partial charge on any atom is -0.475 e. The van der Waals surface area contributed by atoms with Gasteiger partial charge in [0.05, 0.1) is 0 Å². The number of nitrogens with zero attached hydrogens (tertiary/aromatic N) is 1. The Morgan fingerprint density at radius 1 is 1.35 bits per heavy atom. The number of carboxylic acids is 1. The Labute approximate surface area is 119 Å². The van der Waals surface area contributed by atoms with Crippen LogP contribution in [0.4, 0.5) is 0 Å². The maximum Gasteiger partial charge on any atom is 0.371 e. The van der Waals surface area contributed by atoms with Crippen LogP contribution in [0.3, 0.4) is 0 Å². The first-order chi connectivity index (χ1) is 9.30. The van der Waals surface area contributed by atoms with Crippen LogP contribution in [0.1, 0.15) is 50.6 Å². The molecular weight excluding hydrogens is 282 g/mol. The van der Waals surface area contributed by atoms with Gasteiger partial charge >= 0.3 is 5.97 Å². The van der Waals surface area contributed by atoms with E-state index in [9.17, 15) is 13.2 Å². The van der Waals surface area contributed by atoms with E-state index in [1.807, 2.05) is 6.92 Å². The maximum atomic E-state index is 12.4. The Bertz CT molecular complexity index is 547. The van der Waals surface area contributed by atoms with Crippen molar-refractivity contribution in [3.8, 4) is 0 Å². The monoisotopic (exact) mass is 303 g/mol. The van der Waals surface area contributed by atoms with Gasteiger partial charge in [0.1, 0.15) is 0 Å². The number of unbranched alkanes of at least 4 members (excludes halogenated alkanes) is 2. The van der Waals surface area contributed by atoms with E-state index in [1.165, 1.54) is 10.4 Å². The number of aromatic carboxylic acids is 1. The van der Waals surface area contributed by atoms with Gasteiger partial charge in [-0.1, -0.05) is 19.8 Å². The molecule has 1 N–H and O–H groups in total. The molecular formula is C13H21NO5S. The summed E-state index contributed by atoms with van der Waals surface area (Å²) in [5.74, 6) is -1.66. The quantitative estimate of drug-likeness (QED) is 0.746. The summed E-state index contributed by atoms with van der Waals surface area (Å²) in [5, 5.41) is 8.46. The van der Waals surface area contributed by atoms with Crippen LogP contribution in [0.5, 0.6) is 0 Å². The number of hydrogen-bond acceptors (Lipinski definition) is 4. The summed E-state index contributed by atoms with van der Waals surface area (Å²) in [5.41, 5.74) is 0. The lowest BCUT2D eigenvalue weighted by molar-refractivity contribution is 0.0656. The van der Waals surface area contributed by atoms with Crippen LogP contribution >= 0.6 is 0 Å². The normalized spacial score (nSPS) is 12.2. The number of rotatable bonds is 8. The lowest BCUT2D eigenvalue weighted by Gasteiger charge is -2.24. The molecule has 0 spiro atoms. The molecule has 6 nitrogen and oxygen atoms in total. The van der Waals surface area contributed by atoms with Gasteiger partial charge in [-0.2, -0.15) is 4.31 Å². The summed E-state index contributed by atoms with van der Waals surface area (Å²) in [6.07, 6.45) is 2.70. The zero-order valence-electron chi connectivity index (χ0n) is 12.0. The third-order valence-corrected chi connectivity index (χ3v) is 4.86. The van der Waals surface area contributed by atoms with Gasteiger partial charge in [-0.05, 0) is 32.4 Å². The fourth-order valence-corrected chi connectivity index (χ4v) is 3.45. The summed E-state index contributed by atoms with van der Waals surface area (Å²) in [6.45, 7) is 6.01. The molecule has 1 heterocycles. The highest BCUT2D eigenvalue weighted by Crippen LogP contribution is 2.21. The molecule has 1 aromatic heterocycles. The smallest absolute Gasteiger partial charge is 0.371 e. The van der Waals surface area contributed by atoms with Crippen molar-refractivity contribution in [2.75, 3.05) is 6.54 Å². The predicted octanol–water partition coefficient (Wildman–Crippen LogP) is 2.57. The number of sulfonamides is 1. The Morgan fingerprint density at radius 3 is 2.45 bits per heavy atom. The minimum atomic E-state index is -3.79. The molecule has 0 saturated heterocycles. The van der Waals surface area contributed by atoms with Crippen molar-refractivity contribution in [1.82, 2.24) is 4.31 Å². The summed E-state index contributed by atoms with van der Waals surface area (Å²) in [4.78, 5) is 10.8. The molecule has 7 heteroatoms. The number of hydrogen-bond donors (Lipinski definition) is 1. The SMILES string of the molecule is CCCCCN(C(C)C)S(=O)(=O)c1ccc(C(=O)O)o1. The van der Waals surface area contributed by atoms with Crippen LogP contribution in [-0.4, -0.2) is 36.4 Å². The first-order valence-corrected chi connectivity index (χ1v) is 8.09. The molecule has 0 unspecified atom stereocenters. The first kappa shape index (κ1) is 16.7. The van der Waals surface area contributed by atoms with Gasteiger partial charge in [0.25, 0.3) is 10.0 Å². The van der Waals surface area contributed by atoms with Crippen LogP contribution in [-0.2, 0) is 10.0 Å². The molecule has 0 aliphatic carbocycles. The molecule has 0 saturated carbocycles. The second kappa shape index (κ2) is 6.90. The van der Waals surface area contributed by atoms with Crippen molar-refractivity contribution in [1.29, 1.82) is 0 Å². The maximum absolute atomic E-state index is 12.4. The number of carbonyl (C=O) groups is 1. The molecule has 0 aromatic carbocycles. The lowest BCUT2D eigenvalue weighted by Crippen LogP contribution is -2.37. The van der Waals surface area contributed by atoms with E-state index in [1.54, 1.807) is 13.8 Å². The number of furan rings is 1. The van der Waals surface area contributed by atoms with Crippen molar-refractivity contribution in [3.63, 3.8) is 0 Å². The topological polar surface area (TPSA) is 87.8 Å². The lowest BCUT2D eigenvalue weighted by atomic mass is 10.2. The van der Waals surface area contributed by atoms with Crippen LogP contribution < -0.4 is 0 Å². The van der Waals surface area contributed by atoms with Gasteiger partial charge in [0.2, 0.25) is 10.9 Å². The van der Waals surface area contributed by atoms with Crippen molar-refractivity contribution in [2.24, 2.45) is 0 Å². The molecule has 0 fully saturated rings. The highest BCUT2D eigenvalue weighted by atomic mass is 32.2. The van der Waals surface area contributed by atoms with Gasteiger partial charge in [0, 0.05) is 12.6 Å². The predicted molar refractivity (Wildman–Crippen MR) is 74.2 cm³/mol. The third kappa shape index (κ3) is 3.83. The minimum absolute atomic E-state index is 0.213. The molecule has 1 aromatic rings. The molecule has 0 bridgehead atoms. The zero-order chi connectivity index (χ0) is 15.3. The van der Waals surface area contributed by atoms with Gasteiger partial charge in [-0.25, -0.2) is 13.2 Å². The van der Waals surface area contributed by atoms with Gasteiger partial charge in [-0.3, -0.25) is 0 Å². The van der Waals surface area contributed by atoms with E-state index in [-0.39, 0.29) is 16.9 Å². The molecule has 0 radical (unpaired) electrons. The summed E-state index contributed by atoms with van der Waals surface area (Å²) >= 11 is 0. The summed E-state index contributed by atoms with van der Waals surface area (Å²) in [7, 11) is -3.79. The standard InChI is InChI=1S/C13H21NO5S/c1-4-5-6-9-14(10(2)3)20(17,18)12-8-7-11(19-12)13(15)16/h7-8,10H,4-6,9H2,1-3H3,(H,15,16). The Hall–Kier alpha value is -1.34. The van der Waals surface area contributed by atoms with Gasteiger partial charge < -0.3 is 9.52 Å². The highest BCUT2D eigenvalue weighted by molar-refractivity contribution is 7.89. The van der Waals surface area contributed by atoms with Crippen molar-refractivity contribution in [3.05, 3.63) is 17.9 Å². The molecule has 1 rings (SSSR count). The zero-order valence-corrected chi connectivity index (χ0v) is 12.8. The fraction of sp³-hybridized carbons (Fsp3) is 0.615. The van der Waals surface area contributed by atoms with Crippen molar-refractivity contribution >= 4 is 16.0 Å². The average molecular weight is 303 g/mol. The summed E-state index contributed by atoms with van der Waals surface area (Å²) < 4.78 is 31.1. The number of carboxylic acid groups (broad SMARTS) is 1. The van der Waals surface area contributed by atoms with E-state index >= 15 is 0 Å². The van der Waals surface area contributed by atoms with Gasteiger partial charge in [0.15, 0.2) is 0 Å². The van der Waals surface area contributed by atoms with Crippen LogP contribution in [0.2, 0.25) is 0 Å². The second-order valence-electron chi connectivity index (χ2n) is 4.84. The summed E-state index contributed by atoms with van der Waals surface area (Å²) in [6, 6.07) is 2.13. The molecule has 0 amide bonds. The van der Waals surface area contributed by atoms with Crippen LogP contribution in [0, 0.1) is 0 Å². The Kier molecular flexibility index (Phi) is 5.76. The van der Waals surface area contributed by atoms with E-state index in [0.29, 0.717) is 6.54 Å². The van der Waals surface area contributed by atoms with E-state index in [2.05, 4.69) is 0 Å². The van der Waals surface area contributed by atoms with E-state index in [0.717, 1.165) is 25.3 Å². The average Bonchev–Trinajstić information content (AvgIpc) is 2.84.